The Morgan fingerprint density at radius 1 is 1.39 bits per heavy atom. The molecular weight excluding hydrogens is 228 g/mol. The predicted molar refractivity (Wildman–Crippen MR) is 68.7 cm³/mol. The van der Waals surface area contributed by atoms with E-state index in [1.165, 1.54) is 12.8 Å². The van der Waals surface area contributed by atoms with Crippen molar-refractivity contribution in [2.24, 2.45) is 0 Å². The minimum absolute atomic E-state index is 0.143. The van der Waals surface area contributed by atoms with Crippen molar-refractivity contribution in [2.75, 3.05) is 19.0 Å². The van der Waals surface area contributed by atoms with Crippen molar-refractivity contribution in [3.8, 4) is 0 Å². The molecule has 1 saturated carbocycles. The first-order valence-corrected chi connectivity index (χ1v) is 6.51. The Bertz CT molecular complexity index is 602. The highest BCUT2D eigenvalue weighted by atomic mass is 16.5. The second-order valence-corrected chi connectivity index (χ2v) is 5.09. The number of aromatic nitrogens is 3. The zero-order valence-electron chi connectivity index (χ0n) is 10.4. The minimum atomic E-state index is 0.143. The molecule has 0 amide bonds. The smallest absolute Gasteiger partial charge is 0.162 e. The zero-order chi connectivity index (χ0) is 12.1. The Balaban J connectivity index is 1.89. The van der Waals surface area contributed by atoms with Crippen molar-refractivity contribution in [3.05, 3.63) is 18.0 Å². The van der Waals surface area contributed by atoms with E-state index in [4.69, 9.17) is 9.72 Å². The molecule has 18 heavy (non-hydrogen) atoms. The van der Waals surface area contributed by atoms with Crippen LogP contribution in [0.5, 0.6) is 0 Å². The molecule has 1 atom stereocenters. The molecule has 0 saturated heterocycles. The average Bonchev–Trinajstić information content (AvgIpc) is 3.16. The lowest BCUT2D eigenvalue weighted by Crippen LogP contribution is -2.19. The largest absolute Gasteiger partial charge is 0.377 e. The monoisotopic (exact) mass is 244 g/mol. The number of hydrogen-bond donors (Lipinski definition) is 1. The number of anilines is 1. The minimum Gasteiger partial charge on any atom is -0.377 e. The summed E-state index contributed by atoms with van der Waals surface area (Å²) in [6.45, 7) is 0.918. The molecule has 5 nitrogen and oxygen atoms in total. The topological polar surface area (TPSA) is 52.0 Å². The van der Waals surface area contributed by atoms with Gasteiger partial charge in [0.25, 0.3) is 0 Å². The number of nitrogens with one attached hydrogen (secondary N) is 1. The number of pyridine rings is 1. The van der Waals surface area contributed by atoms with Crippen molar-refractivity contribution < 1.29 is 4.74 Å². The van der Waals surface area contributed by atoms with Gasteiger partial charge in [-0.1, -0.05) is 0 Å². The van der Waals surface area contributed by atoms with Crippen LogP contribution in [-0.2, 0) is 4.74 Å². The summed E-state index contributed by atoms with van der Waals surface area (Å²) in [5.41, 5.74) is 3.12. The molecule has 1 aliphatic heterocycles. The molecule has 0 radical (unpaired) electrons. The van der Waals surface area contributed by atoms with Crippen molar-refractivity contribution >= 4 is 17.0 Å². The second-order valence-electron chi connectivity index (χ2n) is 5.09. The molecule has 2 aromatic heterocycles. The van der Waals surface area contributed by atoms with Crippen molar-refractivity contribution in [3.63, 3.8) is 0 Å². The van der Waals surface area contributed by atoms with E-state index in [0.29, 0.717) is 6.04 Å². The van der Waals surface area contributed by atoms with Gasteiger partial charge in [0.05, 0.1) is 12.4 Å². The van der Waals surface area contributed by atoms with Gasteiger partial charge in [0.1, 0.15) is 11.3 Å². The summed E-state index contributed by atoms with van der Waals surface area (Å²) in [7, 11) is 1.76. The Labute approximate surface area is 105 Å². The SMILES string of the molecule is COC1CCNc2nc3c(cc21)ncn3C1CC1. The molecule has 0 bridgehead atoms. The van der Waals surface area contributed by atoms with E-state index < -0.39 is 0 Å². The van der Waals surface area contributed by atoms with Gasteiger partial charge in [0, 0.05) is 25.3 Å². The van der Waals surface area contributed by atoms with Gasteiger partial charge in [0.15, 0.2) is 5.65 Å². The van der Waals surface area contributed by atoms with Crippen LogP contribution in [0.2, 0.25) is 0 Å². The summed E-state index contributed by atoms with van der Waals surface area (Å²) in [5, 5.41) is 3.36. The van der Waals surface area contributed by atoms with Gasteiger partial charge in [-0.3, -0.25) is 0 Å². The Kier molecular flexibility index (Phi) is 2.11. The zero-order valence-corrected chi connectivity index (χ0v) is 10.4. The van der Waals surface area contributed by atoms with Crippen LogP contribution < -0.4 is 5.32 Å². The summed E-state index contributed by atoms with van der Waals surface area (Å²) < 4.78 is 7.72. The number of hydrogen-bond acceptors (Lipinski definition) is 4. The highest BCUT2D eigenvalue weighted by Crippen LogP contribution is 2.38. The molecule has 0 aromatic carbocycles. The van der Waals surface area contributed by atoms with Gasteiger partial charge >= 0.3 is 0 Å². The number of ether oxygens (including phenoxy) is 1. The number of imidazole rings is 1. The number of nitrogens with zero attached hydrogens (tertiary/aromatic N) is 3. The molecular formula is C13H16N4O. The number of methoxy groups -OCH3 is 1. The third-order valence-corrected chi connectivity index (χ3v) is 3.85. The maximum atomic E-state index is 5.52. The molecule has 3 heterocycles. The third kappa shape index (κ3) is 1.43. The van der Waals surface area contributed by atoms with E-state index in [0.717, 1.165) is 35.5 Å². The van der Waals surface area contributed by atoms with Crippen LogP contribution in [-0.4, -0.2) is 28.2 Å². The number of fused-ring (bicyclic) bond motifs is 2. The van der Waals surface area contributed by atoms with E-state index in [1.807, 2.05) is 6.33 Å². The summed E-state index contributed by atoms with van der Waals surface area (Å²) in [4.78, 5) is 9.22. The van der Waals surface area contributed by atoms with Gasteiger partial charge in [0.2, 0.25) is 0 Å². The summed E-state index contributed by atoms with van der Waals surface area (Å²) in [6.07, 6.45) is 5.54. The summed E-state index contributed by atoms with van der Waals surface area (Å²) in [5.74, 6) is 0.961. The van der Waals surface area contributed by atoms with Gasteiger partial charge in [-0.2, -0.15) is 0 Å². The highest BCUT2D eigenvalue weighted by molar-refractivity contribution is 5.76. The Hall–Kier alpha value is -1.62. The summed E-state index contributed by atoms with van der Waals surface area (Å²) >= 11 is 0. The molecule has 5 heteroatoms. The highest BCUT2D eigenvalue weighted by Gasteiger charge is 2.27. The van der Waals surface area contributed by atoms with Crippen LogP contribution in [0.1, 0.15) is 37.0 Å². The van der Waals surface area contributed by atoms with Crippen LogP contribution in [0.15, 0.2) is 12.4 Å². The maximum Gasteiger partial charge on any atom is 0.162 e. The first kappa shape index (κ1) is 10.3. The quantitative estimate of drug-likeness (QED) is 0.880. The number of rotatable bonds is 2. The molecule has 1 fully saturated rings. The molecule has 2 aromatic rings. The van der Waals surface area contributed by atoms with Crippen LogP contribution in [0.3, 0.4) is 0 Å². The van der Waals surface area contributed by atoms with Crippen LogP contribution in [0, 0.1) is 0 Å². The average molecular weight is 244 g/mol. The van der Waals surface area contributed by atoms with Crippen molar-refractivity contribution in [1.29, 1.82) is 0 Å². The van der Waals surface area contributed by atoms with E-state index in [2.05, 4.69) is 20.9 Å². The lowest BCUT2D eigenvalue weighted by atomic mass is 10.0. The molecule has 1 aliphatic carbocycles. The predicted octanol–water partition coefficient (Wildman–Crippen LogP) is 2.27. The molecule has 94 valence electrons. The Morgan fingerprint density at radius 3 is 3.06 bits per heavy atom. The molecule has 0 spiro atoms. The van der Waals surface area contributed by atoms with Crippen molar-refractivity contribution in [1.82, 2.24) is 14.5 Å². The van der Waals surface area contributed by atoms with Crippen LogP contribution in [0.25, 0.3) is 11.2 Å². The fraction of sp³-hybridized carbons (Fsp3) is 0.538. The molecule has 2 aliphatic rings. The third-order valence-electron chi connectivity index (χ3n) is 3.85. The first-order valence-electron chi connectivity index (χ1n) is 6.51. The molecule has 1 N–H and O–H groups in total. The van der Waals surface area contributed by atoms with E-state index in [9.17, 15) is 0 Å². The van der Waals surface area contributed by atoms with Crippen molar-refractivity contribution in [2.45, 2.75) is 31.4 Å². The van der Waals surface area contributed by atoms with E-state index in [-0.39, 0.29) is 6.10 Å². The lowest BCUT2D eigenvalue weighted by Gasteiger charge is -2.24. The van der Waals surface area contributed by atoms with Gasteiger partial charge in [-0.25, -0.2) is 9.97 Å². The standard InChI is InChI=1S/C13H16N4O/c1-18-11-4-5-14-12-9(11)6-10-13(16-12)17(7-15-10)8-2-3-8/h6-8,11H,2-5H2,1H3,(H,14,16). The first-order chi connectivity index (χ1) is 8.86. The molecule has 1 unspecified atom stereocenters. The lowest BCUT2D eigenvalue weighted by molar-refractivity contribution is 0.0962. The van der Waals surface area contributed by atoms with E-state index in [1.54, 1.807) is 7.11 Å². The normalized spacial score (nSPS) is 22.8. The Morgan fingerprint density at radius 2 is 2.28 bits per heavy atom. The van der Waals surface area contributed by atoms with Gasteiger partial charge < -0.3 is 14.6 Å². The van der Waals surface area contributed by atoms with E-state index >= 15 is 0 Å². The van der Waals surface area contributed by atoms with Gasteiger partial charge in [-0.15, -0.1) is 0 Å². The summed E-state index contributed by atoms with van der Waals surface area (Å²) in [6, 6.07) is 2.74. The molecule has 4 rings (SSSR count). The maximum absolute atomic E-state index is 5.52. The fourth-order valence-corrected chi connectivity index (χ4v) is 2.70. The second kappa shape index (κ2) is 3.68. The fourth-order valence-electron chi connectivity index (χ4n) is 2.70. The van der Waals surface area contributed by atoms with Crippen LogP contribution in [0.4, 0.5) is 5.82 Å². The van der Waals surface area contributed by atoms with Gasteiger partial charge in [-0.05, 0) is 25.3 Å². The van der Waals surface area contributed by atoms with Crippen LogP contribution >= 0.6 is 0 Å².